The Morgan fingerprint density at radius 2 is 2.12 bits per heavy atom. The van der Waals surface area contributed by atoms with E-state index in [1.54, 1.807) is 11.0 Å². The molecule has 0 saturated heterocycles. The number of benzene rings is 1. The number of rotatable bonds is 4. The van der Waals surface area contributed by atoms with Crippen LogP contribution in [-0.2, 0) is 11.3 Å². The first-order valence-electron chi connectivity index (χ1n) is 8.05. The Labute approximate surface area is 147 Å². The van der Waals surface area contributed by atoms with E-state index in [-0.39, 0.29) is 11.9 Å². The topological polar surface area (TPSA) is 41.6 Å². The molecule has 0 fully saturated rings. The highest BCUT2D eigenvalue weighted by Gasteiger charge is 2.23. The summed E-state index contributed by atoms with van der Waals surface area (Å²) in [5.74, 6) is -0.332. The lowest BCUT2D eigenvalue weighted by Crippen LogP contribution is -2.39. The van der Waals surface area contributed by atoms with E-state index < -0.39 is 5.60 Å². The Bertz CT molecular complexity index is 626. The molecular weight excluding hydrogens is 331 g/mol. The third kappa shape index (κ3) is 5.80. The van der Waals surface area contributed by atoms with Gasteiger partial charge in [-0.05, 0) is 44.9 Å². The molecular formula is C18H24ClFN2O2. The third-order valence-electron chi connectivity index (χ3n) is 3.64. The van der Waals surface area contributed by atoms with Gasteiger partial charge in [-0.15, -0.1) is 0 Å². The van der Waals surface area contributed by atoms with Crippen molar-refractivity contribution in [3.8, 4) is 0 Å². The van der Waals surface area contributed by atoms with Crippen LogP contribution in [0.1, 0.15) is 32.8 Å². The van der Waals surface area contributed by atoms with E-state index in [2.05, 4.69) is 5.32 Å². The van der Waals surface area contributed by atoms with Gasteiger partial charge in [-0.3, -0.25) is 0 Å². The molecule has 0 saturated carbocycles. The number of hydrogen-bond donors (Lipinski definition) is 1. The molecule has 0 atom stereocenters. The lowest BCUT2D eigenvalue weighted by atomic mass is 10.1. The van der Waals surface area contributed by atoms with Gasteiger partial charge in [0.2, 0.25) is 0 Å². The van der Waals surface area contributed by atoms with Crippen LogP contribution in [0.15, 0.2) is 29.8 Å². The van der Waals surface area contributed by atoms with E-state index in [1.807, 2.05) is 26.8 Å². The van der Waals surface area contributed by atoms with Crippen LogP contribution in [0, 0.1) is 5.82 Å². The highest BCUT2D eigenvalue weighted by atomic mass is 35.5. The first-order valence-corrected chi connectivity index (χ1v) is 8.43. The predicted octanol–water partition coefficient (Wildman–Crippen LogP) is 4.14. The van der Waals surface area contributed by atoms with Gasteiger partial charge in [0.05, 0.1) is 0 Å². The number of nitrogens with zero attached hydrogens (tertiary/aromatic N) is 1. The number of carbonyl (C=O) groups is 1. The number of hydrogen-bond acceptors (Lipinski definition) is 3. The second-order valence-electron chi connectivity index (χ2n) is 6.88. The van der Waals surface area contributed by atoms with Gasteiger partial charge in [-0.25, -0.2) is 9.18 Å². The molecule has 0 spiro atoms. The molecule has 1 aromatic rings. The van der Waals surface area contributed by atoms with Crippen LogP contribution >= 0.6 is 11.6 Å². The average molecular weight is 355 g/mol. The Morgan fingerprint density at radius 3 is 2.71 bits per heavy atom. The molecule has 6 heteroatoms. The maximum absolute atomic E-state index is 13.0. The molecule has 0 aliphatic carbocycles. The number of halogens is 2. The van der Waals surface area contributed by atoms with Crippen molar-refractivity contribution in [3.63, 3.8) is 0 Å². The molecule has 1 heterocycles. The fourth-order valence-electron chi connectivity index (χ4n) is 2.39. The molecule has 24 heavy (non-hydrogen) atoms. The molecule has 0 aromatic heterocycles. The highest BCUT2D eigenvalue weighted by molar-refractivity contribution is 6.31. The Hall–Kier alpha value is -1.59. The van der Waals surface area contributed by atoms with Crippen LogP contribution in [0.4, 0.5) is 9.18 Å². The first kappa shape index (κ1) is 18.7. The van der Waals surface area contributed by atoms with Crippen molar-refractivity contribution in [2.45, 2.75) is 39.3 Å². The molecule has 0 unspecified atom stereocenters. The molecule has 0 radical (unpaired) electrons. The first-order chi connectivity index (χ1) is 11.2. The van der Waals surface area contributed by atoms with Crippen molar-refractivity contribution in [2.24, 2.45) is 0 Å². The standard InChI is InChI=1S/C18H24ClFN2O2/c1-18(2,3)24-17(23)22-8-6-13(7-9-22)11-21-12-14-4-5-15(20)10-16(14)19/h4-6,10,21H,7-9,11-12H2,1-3H3. The van der Waals surface area contributed by atoms with E-state index >= 15 is 0 Å². The zero-order valence-corrected chi connectivity index (χ0v) is 15.1. The normalized spacial score (nSPS) is 15.2. The molecule has 4 nitrogen and oxygen atoms in total. The van der Waals surface area contributed by atoms with Gasteiger partial charge in [0, 0.05) is 31.2 Å². The quantitative estimate of drug-likeness (QED) is 0.826. The SMILES string of the molecule is CC(C)(C)OC(=O)N1CC=C(CNCc2ccc(F)cc2Cl)CC1. The summed E-state index contributed by atoms with van der Waals surface area (Å²) >= 11 is 6.01. The summed E-state index contributed by atoms with van der Waals surface area (Å²) in [4.78, 5) is 13.7. The van der Waals surface area contributed by atoms with Crippen molar-refractivity contribution in [1.82, 2.24) is 10.2 Å². The zero-order chi connectivity index (χ0) is 17.7. The van der Waals surface area contributed by atoms with Crippen LogP contribution < -0.4 is 5.32 Å². The van der Waals surface area contributed by atoms with Gasteiger partial charge in [0.25, 0.3) is 0 Å². The second-order valence-corrected chi connectivity index (χ2v) is 7.29. The minimum Gasteiger partial charge on any atom is -0.444 e. The van der Waals surface area contributed by atoms with E-state index in [4.69, 9.17) is 16.3 Å². The highest BCUT2D eigenvalue weighted by Crippen LogP contribution is 2.18. The van der Waals surface area contributed by atoms with Crippen LogP contribution in [0.25, 0.3) is 0 Å². The minimum absolute atomic E-state index is 0.274. The van der Waals surface area contributed by atoms with Gasteiger partial charge in [0.1, 0.15) is 11.4 Å². The Kier molecular flexibility index (Phi) is 6.24. The maximum Gasteiger partial charge on any atom is 0.410 e. The largest absolute Gasteiger partial charge is 0.444 e. The number of amides is 1. The summed E-state index contributed by atoms with van der Waals surface area (Å²) in [6.07, 6.45) is 2.58. The van der Waals surface area contributed by atoms with Crippen molar-refractivity contribution in [3.05, 3.63) is 46.3 Å². The second kappa shape index (κ2) is 7.99. The van der Waals surface area contributed by atoms with Crippen molar-refractivity contribution in [1.29, 1.82) is 0 Å². The molecule has 1 aliphatic rings. The van der Waals surface area contributed by atoms with E-state index in [1.165, 1.54) is 17.7 Å². The lowest BCUT2D eigenvalue weighted by molar-refractivity contribution is 0.0265. The van der Waals surface area contributed by atoms with Gasteiger partial charge in [0.15, 0.2) is 0 Å². The van der Waals surface area contributed by atoms with Gasteiger partial charge in [-0.1, -0.05) is 29.3 Å². The number of ether oxygens (including phenoxy) is 1. The molecule has 2 rings (SSSR count). The maximum atomic E-state index is 13.0. The smallest absolute Gasteiger partial charge is 0.410 e. The third-order valence-corrected chi connectivity index (χ3v) is 3.99. The van der Waals surface area contributed by atoms with Crippen molar-refractivity contribution >= 4 is 17.7 Å². The monoisotopic (exact) mass is 354 g/mol. The molecule has 1 N–H and O–H groups in total. The molecule has 0 bridgehead atoms. The zero-order valence-electron chi connectivity index (χ0n) is 14.4. The average Bonchev–Trinajstić information content (AvgIpc) is 2.48. The summed E-state index contributed by atoms with van der Waals surface area (Å²) in [5.41, 5.74) is 1.63. The van der Waals surface area contributed by atoms with E-state index in [0.29, 0.717) is 24.7 Å². The van der Waals surface area contributed by atoms with Crippen LogP contribution in [0.2, 0.25) is 5.02 Å². The molecule has 1 aliphatic heterocycles. The Balaban J connectivity index is 1.78. The van der Waals surface area contributed by atoms with Crippen LogP contribution in [0.5, 0.6) is 0 Å². The molecule has 1 aromatic carbocycles. The summed E-state index contributed by atoms with van der Waals surface area (Å²) < 4.78 is 18.4. The summed E-state index contributed by atoms with van der Waals surface area (Å²) in [7, 11) is 0. The molecule has 1 amide bonds. The van der Waals surface area contributed by atoms with E-state index in [0.717, 1.165) is 18.5 Å². The lowest BCUT2D eigenvalue weighted by Gasteiger charge is -2.29. The summed E-state index contributed by atoms with van der Waals surface area (Å²) in [5, 5.41) is 3.73. The van der Waals surface area contributed by atoms with Gasteiger partial charge < -0.3 is 15.0 Å². The summed E-state index contributed by atoms with van der Waals surface area (Å²) in [6.45, 7) is 8.09. The molecule has 132 valence electrons. The van der Waals surface area contributed by atoms with Crippen LogP contribution in [-0.4, -0.2) is 36.2 Å². The van der Waals surface area contributed by atoms with Gasteiger partial charge in [-0.2, -0.15) is 0 Å². The fraction of sp³-hybridized carbons (Fsp3) is 0.500. The van der Waals surface area contributed by atoms with E-state index in [9.17, 15) is 9.18 Å². The number of carbonyl (C=O) groups excluding carboxylic acids is 1. The van der Waals surface area contributed by atoms with Gasteiger partial charge >= 0.3 is 6.09 Å². The fourth-order valence-corrected chi connectivity index (χ4v) is 2.62. The van der Waals surface area contributed by atoms with Crippen molar-refractivity contribution < 1.29 is 13.9 Å². The summed E-state index contributed by atoms with van der Waals surface area (Å²) in [6, 6.07) is 4.41. The Morgan fingerprint density at radius 1 is 1.38 bits per heavy atom. The van der Waals surface area contributed by atoms with Crippen molar-refractivity contribution in [2.75, 3.05) is 19.6 Å². The van der Waals surface area contributed by atoms with Crippen LogP contribution in [0.3, 0.4) is 0 Å². The number of nitrogens with one attached hydrogen (secondary N) is 1. The minimum atomic E-state index is -0.475. The predicted molar refractivity (Wildman–Crippen MR) is 93.6 cm³/mol.